The predicted octanol–water partition coefficient (Wildman–Crippen LogP) is 3.21. The lowest BCUT2D eigenvalue weighted by atomic mass is 9.53. The molecule has 0 unspecified atom stereocenters. The van der Waals surface area contributed by atoms with E-state index in [1.54, 1.807) is 0 Å². The van der Waals surface area contributed by atoms with Crippen molar-refractivity contribution in [2.24, 2.45) is 0 Å². The van der Waals surface area contributed by atoms with Gasteiger partial charge in [0.05, 0.1) is 0 Å². The van der Waals surface area contributed by atoms with Gasteiger partial charge in [-0.2, -0.15) is 0 Å². The molecule has 0 saturated heterocycles. The highest BCUT2D eigenvalue weighted by molar-refractivity contribution is 6.73. The summed E-state index contributed by atoms with van der Waals surface area (Å²) in [5, 5.41) is 0. The predicted molar refractivity (Wildman–Crippen MR) is 85.8 cm³/mol. The molecule has 0 N–H and O–H groups in total. The van der Waals surface area contributed by atoms with Crippen LogP contribution in [0, 0.1) is 0 Å². The third-order valence-electron chi connectivity index (χ3n) is 4.28. The normalized spacial score (nSPS) is 17.6. The summed E-state index contributed by atoms with van der Waals surface area (Å²) in [6.07, 6.45) is 1.95. The highest BCUT2D eigenvalue weighted by Crippen LogP contribution is 2.35. The lowest BCUT2D eigenvalue weighted by Crippen LogP contribution is -2.15. The summed E-state index contributed by atoms with van der Waals surface area (Å²) in [5.74, 6) is 0. The molecule has 90 valence electrons. The number of hydrogen-bond acceptors (Lipinski definition) is 0. The summed E-state index contributed by atoms with van der Waals surface area (Å²) in [6, 6.07) is 8.60. The fourth-order valence-corrected chi connectivity index (χ4v) is 2.94. The lowest BCUT2D eigenvalue weighted by molar-refractivity contribution is 1.34. The molecule has 2 aliphatic rings. The van der Waals surface area contributed by atoms with Gasteiger partial charge < -0.3 is 0 Å². The topological polar surface area (TPSA) is 0 Å². The highest BCUT2D eigenvalue weighted by Gasteiger charge is 2.27. The Labute approximate surface area is 117 Å². The Morgan fingerprint density at radius 1 is 0.895 bits per heavy atom. The van der Waals surface area contributed by atoms with Crippen molar-refractivity contribution in [2.75, 3.05) is 0 Å². The third kappa shape index (κ3) is 1.78. The maximum atomic E-state index is 3.91. The zero-order valence-electron chi connectivity index (χ0n) is 11.7. The largest absolute Gasteiger partial charge is 0.191 e. The van der Waals surface area contributed by atoms with E-state index in [1.165, 1.54) is 44.2 Å². The van der Waals surface area contributed by atoms with Gasteiger partial charge in [-0.25, -0.2) is 0 Å². The van der Waals surface area contributed by atoms with Crippen LogP contribution in [0.1, 0.15) is 26.3 Å². The van der Waals surface area contributed by atoms with Crippen molar-refractivity contribution in [1.29, 1.82) is 0 Å². The van der Waals surface area contributed by atoms with Crippen LogP contribution < -0.4 is 5.46 Å². The molecule has 2 heteroatoms. The highest BCUT2D eigenvalue weighted by atomic mass is 14.2. The van der Waals surface area contributed by atoms with Crippen LogP contribution in [0.15, 0.2) is 64.5 Å². The Kier molecular flexibility index (Phi) is 2.89. The van der Waals surface area contributed by atoms with Crippen LogP contribution >= 0.6 is 0 Å². The van der Waals surface area contributed by atoms with Gasteiger partial charge in [0.25, 0.3) is 0 Å². The van der Waals surface area contributed by atoms with Gasteiger partial charge in [-0.15, -0.1) is 0 Å². The van der Waals surface area contributed by atoms with E-state index >= 15 is 0 Å². The van der Waals surface area contributed by atoms with Crippen LogP contribution in [0.25, 0.3) is 5.57 Å². The van der Waals surface area contributed by atoms with E-state index < -0.39 is 0 Å². The summed E-state index contributed by atoms with van der Waals surface area (Å²) < 4.78 is 0. The van der Waals surface area contributed by atoms with Crippen LogP contribution in [0.5, 0.6) is 0 Å². The Balaban J connectivity index is 2.04. The van der Waals surface area contributed by atoms with Gasteiger partial charge in [0.1, 0.15) is 0 Å². The molecule has 2 aliphatic heterocycles. The van der Waals surface area contributed by atoms with E-state index in [9.17, 15) is 0 Å². The lowest BCUT2D eigenvalue weighted by Gasteiger charge is -2.08. The third-order valence-corrected chi connectivity index (χ3v) is 4.28. The fourth-order valence-electron chi connectivity index (χ4n) is 2.94. The van der Waals surface area contributed by atoms with Gasteiger partial charge in [0, 0.05) is 0 Å². The number of fused-ring (bicyclic) bond motifs is 1. The van der Waals surface area contributed by atoms with Crippen molar-refractivity contribution in [2.45, 2.75) is 20.8 Å². The van der Waals surface area contributed by atoms with E-state index in [2.05, 4.69) is 66.2 Å². The first kappa shape index (κ1) is 12.3. The van der Waals surface area contributed by atoms with Crippen molar-refractivity contribution in [3.63, 3.8) is 0 Å². The molecule has 0 saturated carbocycles. The quantitative estimate of drug-likeness (QED) is 0.698. The van der Waals surface area contributed by atoms with Gasteiger partial charge in [-0.05, 0) is 26.3 Å². The number of hydrogen-bond donors (Lipinski definition) is 0. The van der Waals surface area contributed by atoms with Gasteiger partial charge in [-0.3, -0.25) is 0 Å². The molecular formula is C17H16B2. The number of benzene rings is 1. The van der Waals surface area contributed by atoms with Crippen LogP contribution in [0.3, 0.4) is 0 Å². The van der Waals surface area contributed by atoms with Crippen molar-refractivity contribution in [3.05, 3.63) is 70.0 Å². The second-order valence-electron chi connectivity index (χ2n) is 5.24. The molecule has 1 aromatic carbocycles. The number of rotatable bonds is 2. The van der Waals surface area contributed by atoms with Crippen LogP contribution in [0.4, 0.5) is 0 Å². The molecule has 3 rings (SSSR count). The second kappa shape index (κ2) is 4.45. The molecule has 1 aromatic rings. The minimum Gasteiger partial charge on any atom is -0.0996 e. The zero-order valence-corrected chi connectivity index (χ0v) is 11.7. The molecule has 0 atom stereocenters. The molecule has 2 heterocycles. The first-order valence-corrected chi connectivity index (χ1v) is 6.68. The zero-order chi connectivity index (χ0) is 13.6. The molecular weight excluding hydrogens is 226 g/mol. The minimum absolute atomic E-state index is 1.25. The Morgan fingerprint density at radius 2 is 1.58 bits per heavy atom. The van der Waals surface area contributed by atoms with E-state index in [1.807, 2.05) is 6.08 Å². The standard InChI is InChI=1S/C17H16B2/c1-5-14-10(2)11(3)16(18-14)17-12(4)13-8-6-7-9-15(13)19-17/h5-9H,1H2,2-4H3. The van der Waals surface area contributed by atoms with Crippen molar-refractivity contribution >= 4 is 25.6 Å². The second-order valence-corrected chi connectivity index (χ2v) is 5.24. The van der Waals surface area contributed by atoms with Gasteiger partial charge >= 0.3 is 0 Å². The summed E-state index contributed by atoms with van der Waals surface area (Å²) in [6.45, 7) is 10.5. The smallest absolute Gasteiger partial charge is 0.0996 e. The maximum Gasteiger partial charge on any atom is 0.191 e. The maximum absolute atomic E-state index is 3.91. The fraction of sp³-hybridized carbons (Fsp3) is 0.176. The number of allylic oxidation sites excluding steroid dienone is 7. The molecule has 0 nitrogen and oxygen atoms in total. The molecule has 0 bridgehead atoms. The summed E-state index contributed by atoms with van der Waals surface area (Å²) in [5.41, 5.74) is 10.7. The molecule has 0 aliphatic carbocycles. The van der Waals surface area contributed by atoms with Crippen molar-refractivity contribution < 1.29 is 0 Å². The van der Waals surface area contributed by atoms with E-state index in [4.69, 9.17) is 0 Å². The molecule has 0 amide bonds. The van der Waals surface area contributed by atoms with Crippen LogP contribution in [0.2, 0.25) is 0 Å². The van der Waals surface area contributed by atoms with E-state index in [0.29, 0.717) is 0 Å². The van der Waals surface area contributed by atoms with Gasteiger partial charge in [0.15, 0.2) is 14.6 Å². The van der Waals surface area contributed by atoms with Crippen molar-refractivity contribution in [3.8, 4) is 0 Å². The Hall–Kier alpha value is -1.69. The molecule has 2 radical (unpaired) electrons. The first-order chi connectivity index (χ1) is 9.13. The van der Waals surface area contributed by atoms with Gasteiger partial charge in [-0.1, -0.05) is 75.5 Å². The van der Waals surface area contributed by atoms with Gasteiger partial charge in [0.2, 0.25) is 0 Å². The summed E-state index contributed by atoms with van der Waals surface area (Å²) >= 11 is 0. The Morgan fingerprint density at radius 3 is 2.21 bits per heavy atom. The van der Waals surface area contributed by atoms with E-state index in [0.717, 1.165) is 0 Å². The molecule has 0 spiro atoms. The molecule has 0 fully saturated rings. The monoisotopic (exact) mass is 242 g/mol. The van der Waals surface area contributed by atoms with E-state index in [-0.39, 0.29) is 0 Å². The minimum atomic E-state index is 1.25. The van der Waals surface area contributed by atoms with Crippen LogP contribution in [-0.2, 0) is 0 Å². The summed E-state index contributed by atoms with van der Waals surface area (Å²) in [4.78, 5) is 0. The molecule has 0 aromatic heterocycles. The summed E-state index contributed by atoms with van der Waals surface area (Å²) in [7, 11) is 4.57. The first-order valence-electron chi connectivity index (χ1n) is 6.68. The van der Waals surface area contributed by atoms with Crippen molar-refractivity contribution in [1.82, 2.24) is 0 Å². The SMILES string of the molecule is C=CC1=C(C)C(C)=C(C2=C(C)c3ccccc3[B]2)[B]1. The molecule has 19 heavy (non-hydrogen) atoms. The van der Waals surface area contributed by atoms with Crippen LogP contribution in [-0.4, -0.2) is 14.6 Å². The Bertz CT molecular complexity index is 672. The average Bonchev–Trinajstić information content (AvgIpc) is 2.90. The average molecular weight is 242 g/mol.